The number of oxazole rings is 1. The van der Waals surface area contributed by atoms with Crippen molar-refractivity contribution in [1.29, 1.82) is 0 Å². The molecule has 0 amide bonds. The first-order chi connectivity index (χ1) is 16.6. The molecule has 0 fully saturated rings. The van der Waals surface area contributed by atoms with Gasteiger partial charge < -0.3 is 19.6 Å². The highest BCUT2D eigenvalue weighted by Crippen LogP contribution is 2.23. The molecule has 1 atom stereocenters. The van der Waals surface area contributed by atoms with Crippen LogP contribution in [0.15, 0.2) is 58.4 Å². The van der Waals surface area contributed by atoms with Gasteiger partial charge in [-0.3, -0.25) is 4.79 Å². The number of benzene rings is 2. The van der Waals surface area contributed by atoms with Crippen molar-refractivity contribution in [2.75, 3.05) is 20.3 Å². The summed E-state index contributed by atoms with van der Waals surface area (Å²) in [6, 6.07) is 8.86. The van der Waals surface area contributed by atoms with E-state index in [2.05, 4.69) is 14.4 Å². The lowest BCUT2D eigenvalue weighted by molar-refractivity contribution is -0.144. The van der Waals surface area contributed by atoms with Crippen molar-refractivity contribution in [2.24, 2.45) is 5.73 Å². The summed E-state index contributed by atoms with van der Waals surface area (Å²) >= 11 is 0. The van der Waals surface area contributed by atoms with Crippen molar-refractivity contribution in [1.82, 2.24) is 9.71 Å². The van der Waals surface area contributed by atoms with Crippen LogP contribution in [0.3, 0.4) is 0 Å². The van der Waals surface area contributed by atoms with E-state index in [0.717, 1.165) is 16.7 Å². The molecule has 0 aliphatic rings. The Bertz CT molecular complexity index is 1300. The molecule has 10 nitrogen and oxygen atoms in total. The smallest absolute Gasteiger partial charge is 0.338 e. The van der Waals surface area contributed by atoms with E-state index >= 15 is 0 Å². The number of sulfonamides is 1. The number of nitrogens with zero attached hydrogens (tertiary/aromatic N) is 1. The van der Waals surface area contributed by atoms with E-state index in [1.165, 1.54) is 31.7 Å². The summed E-state index contributed by atoms with van der Waals surface area (Å²) in [5.41, 5.74) is 10.1. The third-order valence-corrected chi connectivity index (χ3v) is 6.78. The normalized spacial score (nSPS) is 12.2. The van der Waals surface area contributed by atoms with E-state index in [1.54, 1.807) is 13.2 Å². The van der Waals surface area contributed by atoms with E-state index in [4.69, 9.17) is 14.9 Å². The van der Waals surface area contributed by atoms with Crippen LogP contribution in [-0.2, 0) is 30.7 Å². The van der Waals surface area contributed by atoms with E-state index in [1.807, 2.05) is 25.1 Å². The van der Waals surface area contributed by atoms with Crippen LogP contribution in [0, 0.1) is 13.8 Å². The molecule has 0 saturated heterocycles. The molecule has 35 heavy (non-hydrogen) atoms. The number of hydrogen-bond acceptors (Lipinski definition) is 9. The van der Waals surface area contributed by atoms with Crippen molar-refractivity contribution in [3.63, 3.8) is 0 Å². The van der Waals surface area contributed by atoms with Crippen LogP contribution in [0.5, 0.6) is 0 Å². The minimum atomic E-state index is -3.93. The summed E-state index contributed by atoms with van der Waals surface area (Å²) < 4.78 is 42.2. The molecular weight excluding hydrogens is 474 g/mol. The monoisotopic (exact) mass is 501 g/mol. The molecule has 11 heteroatoms. The second-order valence-electron chi connectivity index (χ2n) is 7.87. The summed E-state index contributed by atoms with van der Waals surface area (Å²) in [6.07, 6.45) is 3.16. The standard InChI is InChI=1S/C24H27N3O7S/c1-15-4-6-18(12-20(15)23(28)32-3)35(30,31)27-8-9-34-24(29)21(25)11-17-5-7-19(16(2)10-17)22-13-33-14-26-22/h4-7,10,12-14,21,27H,8-9,11,25H2,1-3H3/t21-/m0/s1. The second-order valence-corrected chi connectivity index (χ2v) is 9.63. The van der Waals surface area contributed by atoms with E-state index in [9.17, 15) is 18.0 Å². The van der Waals surface area contributed by atoms with Gasteiger partial charge in [0.2, 0.25) is 10.0 Å². The van der Waals surface area contributed by atoms with Crippen molar-refractivity contribution < 1.29 is 31.9 Å². The van der Waals surface area contributed by atoms with Gasteiger partial charge in [-0.1, -0.05) is 24.3 Å². The zero-order chi connectivity index (χ0) is 25.6. The van der Waals surface area contributed by atoms with Gasteiger partial charge in [-0.15, -0.1) is 0 Å². The van der Waals surface area contributed by atoms with Crippen LogP contribution in [0.4, 0.5) is 0 Å². The fourth-order valence-corrected chi connectivity index (χ4v) is 4.48. The molecule has 2 aromatic carbocycles. The molecule has 0 unspecified atom stereocenters. The molecule has 0 saturated carbocycles. The molecule has 1 heterocycles. The largest absolute Gasteiger partial charge is 0.465 e. The number of methoxy groups -OCH3 is 1. The van der Waals surface area contributed by atoms with Gasteiger partial charge in [0.25, 0.3) is 0 Å². The average Bonchev–Trinajstić information content (AvgIpc) is 3.36. The molecule has 0 spiro atoms. The molecule has 0 radical (unpaired) electrons. The fourth-order valence-electron chi connectivity index (χ4n) is 3.44. The summed E-state index contributed by atoms with van der Waals surface area (Å²) in [5, 5.41) is 0. The maximum Gasteiger partial charge on any atom is 0.338 e. The van der Waals surface area contributed by atoms with Gasteiger partial charge >= 0.3 is 11.9 Å². The molecule has 3 aromatic rings. The van der Waals surface area contributed by atoms with Crippen LogP contribution in [0.2, 0.25) is 0 Å². The number of carbonyl (C=O) groups excluding carboxylic acids is 2. The van der Waals surface area contributed by atoms with Crippen molar-refractivity contribution in [3.05, 3.63) is 71.3 Å². The van der Waals surface area contributed by atoms with Gasteiger partial charge in [-0.05, 0) is 49.1 Å². The van der Waals surface area contributed by atoms with Crippen molar-refractivity contribution in [2.45, 2.75) is 31.2 Å². The molecule has 0 aliphatic carbocycles. The number of esters is 2. The Morgan fingerprint density at radius 1 is 1.14 bits per heavy atom. The highest BCUT2D eigenvalue weighted by molar-refractivity contribution is 7.89. The predicted molar refractivity (Wildman–Crippen MR) is 127 cm³/mol. The van der Waals surface area contributed by atoms with Crippen LogP contribution >= 0.6 is 0 Å². The zero-order valence-electron chi connectivity index (χ0n) is 19.6. The first-order valence-electron chi connectivity index (χ1n) is 10.7. The topological polar surface area (TPSA) is 151 Å². The number of carbonyl (C=O) groups is 2. The summed E-state index contributed by atoms with van der Waals surface area (Å²) in [6.45, 7) is 3.23. The Morgan fingerprint density at radius 2 is 1.91 bits per heavy atom. The Labute approximate surface area is 203 Å². The van der Waals surface area contributed by atoms with Crippen molar-refractivity contribution >= 4 is 22.0 Å². The minimum absolute atomic E-state index is 0.101. The lowest BCUT2D eigenvalue weighted by atomic mass is 9.99. The Hall–Kier alpha value is -3.54. The number of nitrogens with one attached hydrogen (secondary N) is 1. The van der Waals surface area contributed by atoms with Crippen LogP contribution in [0.1, 0.15) is 27.0 Å². The van der Waals surface area contributed by atoms with Gasteiger partial charge in [-0.2, -0.15) is 0 Å². The fraction of sp³-hybridized carbons (Fsp3) is 0.292. The molecular formula is C24H27N3O7S. The Balaban J connectivity index is 1.51. The highest BCUT2D eigenvalue weighted by atomic mass is 32.2. The van der Waals surface area contributed by atoms with Crippen LogP contribution in [0.25, 0.3) is 11.3 Å². The number of nitrogens with two attached hydrogens (primary N) is 1. The first-order valence-corrected chi connectivity index (χ1v) is 12.2. The molecule has 186 valence electrons. The number of ether oxygens (including phenoxy) is 2. The van der Waals surface area contributed by atoms with Crippen LogP contribution in [-0.4, -0.2) is 51.6 Å². The molecule has 3 N–H and O–H groups in total. The SMILES string of the molecule is COC(=O)c1cc(S(=O)(=O)NCCOC(=O)[C@@H](N)Cc2ccc(-c3cocn3)c(C)c2)ccc1C. The van der Waals surface area contributed by atoms with Gasteiger partial charge in [-0.25, -0.2) is 22.9 Å². The Morgan fingerprint density at radius 3 is 2.57 bits per heavy atom. The van der Waals surface area contributed by atoms with Gasteiger partial charge in [0.15, 0.2) is 6.39 Å². The molecule has 1 aromatic heterocycles. The molecule has 0 aliphatic heterocycles. The zero-order valence-corrected chi connectivity index (χ0v) is 20.4. The third-order valence-electron chi connectivity index (χ3n) is 5.32. The lowest BCUT2D eigenvalue weighted by Gasteiger charge is -2.13. The summed E-state index contributed by atoms with van der Waals surface area (Å²) in [5.74, 6) is -1.28. The number of hydrogen-bond donors (Lipinski definition) is 2. The third kappa shape index (κ3) is 6.53. The quantitative estimate of drug-likeness (QED) is 0.314. The van der Waals surface area contributed by atoms with E-state index in [-0.39, 0.29) is 30.0 Å². The highest BCUT2D eigenvalue weighted by Gasteiger charge is 2.20. The predicted octanol–water partition coefficient (Wildman–Crippen LogP) is 2.14. The number of aromatic nitrogens is 1. The van der Waals surface area contributed by atoms with Gasteiger partial charge in [0.1, 0.15) is 24.6 Å². The summed E-state index contributed by atoms with van der Waals surface area (Å²) in [7, 11) is -2.71. The minimum Gasteiger partial charge on any atom is -0.465 e. The molecule has 0 bridgehead atoms. The lowest BCUT2D eigenvalue weighted by Crippen LogP contribution is -2.36. The van der Waals surface area contributed by atoms with Crippen molar-refractivity contribution in [3.8, 4) is 11.3 Å². The number of aryl methyl sites for hydroxylation is 2. The number of rotatable bonds is 10. The maximum absolute atomic E-state index is 12.5. The van der Waals surface area contributed by atoms with Crippen LogP contribution < -0.4 is 10.5 Å². The first kappa shape index (κ1) is 26.1. The van der Waals surface area contributed by atoms with Gasteiger partial charge in [0, 0.05) is 12.1 Å². The molecule has 3 rings (SSSR count). The average molecular weight is 502 g/mol. The van der Waals surface area contributed by atoms with E-state index < -0.39 is 28.0 Å². The summed E-state index contributed by atoms with van der Waals surface area (Å²) in [4.78, 5) is 28.1. The maximum atomic E-state index is 12.5. The van der Waals surface area contributed by atoms with E-state index in [0.29, 0.717) is 11.3 Å². The second kappa shape index (κ2) is 11.3. The van der Waals surface area contributed by atoms with Gasteiger partial charge in [0.05, 0.1) is 17.6 Å². The Kier molecular flexibility index (Phi) is 8.39.